The summed E-state index contributed by atoms with van der Waals surface area (Å²) in [4.78, 5) is 0. The lowest BCUT2D eigenvalue weighted by molar-refractivity contribution is -0.348. The van der Waals surface area contributed by atoms with E-state index in [1.807, 2.05) is 20.8 Å². The highest BCUT2D eigenvalue weighted by atomic mass is 16.7. The van der Waals surface area contributed by atoms with Gasteiger partial charge in [0.15, 0.2) is 12.6 Å². The van der Waals surface area contributed by atoms with E-state index < -0.39 is 73.1 Å². The van der Waals surface area contributed by atoms with E-state index in [-0.39, 0.29) is 40.8 Å². The zero-order valence-corrected chi connectivity index (χ0v) is 33.2. The van der Waals surface area contributed by atoms with E-state index in [1.165, 1.54) is 6.92 Å². The number of hydrogen-bond donors (Lipinski definition) is 8. The van der Waals surface area contributed by atoms with Gasteiger partial charge in [0.05, 0.1) is 30.5 Å². The van der Waals surface area contributed by atoms with Gasteiger partial charge in [0.2, 0.25) is 0 Å². The van der Waals surface area contributed by atoms with Gasteiger partial charge in [-0.1, -0.05) is 39.3 Å². The van der Waals surface area contributed by atoms with Crippen LogP contribution >= 0.6 is 0 Å². The Morgan fingerprint density at radius 1 is 0.755 bits per heavy atom. The van der Waals surface area contributed by atoms with Crippen molar-refractivity contribution < 1.29 is 59.8 Å². The molecule has 306 valence electrons. The molecule has 0 bridgehead atoms. The average molecular weight is 755 g/mol. The maximum atomic E-state index is 12.3. The highest BCUT2D eigenvalue weighted by molar-refractivity contribution is 5.18. The summed E-state index contributed by atoms with van der Waals surface area (Å²) in [7, 11) is 0. The zero-order chi connectivity index (χ0) is 39.0. The van der Waals surface area contributed by atoms with Crippen LogP contribution in [0.2, 0.25) is 0 Å². The van der Waals surface area contributed by atoms with Crippen molar-refractivity contribution in [2.75, 3.05) is 6.61 Å². The highest BCUT2D eigenvalue weighted by Gasteiger charge is 2.69. The predicted molar refractivity (Wildman–Crippen MR) is 195 cm³/mol. The van der Waals surface area contributed by atoms with E-state index in [9.17, 15) is 40.9 Å². The third-order valence-corrected chi connectivity index (χ3v) is 16.0. The lowest BCUT2D eigenvalue weighted by Gasteiger charge is -2.67. The first-order chi connectivity index (χ1) is 24.7. The normalized spacial score (nSPS) is 52.1. The van der Waals surface area contributed by atoms with Gasteiger partial charge < -0.3 is 59.8 Å². The quantitative estimate of drug-likeness (QED) is 0.161. The molecule has 53 heavy (non-hydrogen) atoms. The van der Waals surface area contributed by atoms with E-state index >= 15 is 0 Å². The fourth-order valence-electron chi connectivity index (χ4n) is 12.5. The number of ether oxygens (including phenoxy) is 4. The van der Waals surface area contributed by atoms with Crippen LogP contribution in [0.15, 0.2) is 11.6 Å². The Hall–Kier alpha value is -0.740. The Morgan fingerprint density at radius 2 is 1.40 bits per heavy atom. The molecule has 0 radical (unpaired) electrons. The fraction of sp³-hybridized carbons (Fsp3) is 0.951. The number of fused-ring (bicyclic) bond motifs is 5. The van der Waals surface area contributed by atoms with Crippen molar-refractivity contribution in [2.24, 2.45) is 45.8 Å². The number of aliphatic hydroxyl groups excluding tert-OH is 8. The van der Waals surface area contributed by atoms with Crippen LogP contribution in [0.5, 0.6) is 0 Å². The topological polar surface area (TPSA) is 199 Å². The van der Waals surface area contributed by atoms with Crippen LogP contribution in [0.4, 0.5) is 0 Å². The molecule has 2 heterocycles. The summed E-state index contributed by atoms with van der Waals surface area (Å²) in [6.07, 6.45) is -4.94. The molecule has 6 aliphatic rings. The van der Waals surface area contributed by atoms with Gasteiger partial charge in [-0.05, 0) is 131 Å². The van der Waals surface area contributed by atoms with E-state index in [0.717, 1.165) is 44.1 Å². The standard InChI is InChI=1S/C41H70O12/c1-20(2)10-9-15-41(8,53-37-35(49)33(47)31(45)27(52-37)19-50-36-34(48)32(46)30(44)21(3)51-36)24-14-17-40(7)29(24)26(42)18-25-22-11-12-28(43)38(4,5)23(22)13-16-39(25,40)6/h10,21-37,42-49H,9,11-19H2,1-8H3. The molecule has 2 aliphatic heterocycles. The molecule has 20 unspecified atom stereocenters. The van der Waals surface area contributed by atoms with Crippen molar-refractivity contribution in [3.05, 3.63) is 11.6 Å². The van der Waals surface area contributed by atoms with Gasteiger partial charge in [-0.15, -0.1) is 0 Å². The van der Waals surface area contributed by atoms with Crippen molar-refractivity contribution in [1.29, 1.82) is 0 Å². The fourth-order valence-corrected chi connectivity index (χ4v) is 12.5. The Morgan fingerprint density at radius 3 is 2.08 bits per heavy atom. The van der Waals surface area contributed by atoms with Crippen LogP contribution in [0.25, 0.3) is 0 Å². The number of rotatable bonds is 9. The molecule has 0 aromatic carbocycles. The summed E-state index contributed by atoms with van der Waals surface area (Å²) >= 11 is 0. The molecular formula is C41H70O12. The summed E-state index contributed by atoms with van der Waals surface area (Å²) in [6.45, 7) is 16.6. The average Bonchev–Trinajstić information content (AvgIpc) is 3.48. The second-order valence-corrected chi connectivity index (χ2v) is 19.4. The van der Waals surface area contributed by atoms with Crippen LogP contribution in [0.1, 0.15) is 113 Å². The molecule has 12 nitrogen and oxygen atoms in total. The molecule has 0 amide bonds. The maximum absolute atomic E-state index is 12.3. The molecule has 0 aromatic rings. The molecule has 2 saturated heterocycles. The van der Waals surface area contributed by atoms with E-state index in [0.29, 0.717) is 37.0 Å². The summed E-state index contributed by atoms with van der Waals surface area (Å²) in [5.74, 6) is 1.04. The van der Waals surface area contributed by atoms with Crippen molar-refractivity contribution in [2.45, 2.75) is 192 Å². The zero-order valence-electron chi connectivity index (χ0n) is 33.2. The Balaban J connectivity index is 1.24. The summed E-state index contributed by atoms with van der Waals surface area (Å²) in [5, 5.41) is 87.4. The van der Waals surface area contributed by atoms with Gasteiger partial charge >= 0.3 is 0 Å². The molecule has 20 atom stereocenters. The van der Waals surface area contributed by atoms with Crippen LogP contribution < -0.4 is 0 Å². The molecule has 8 N–H and O–H groups in total. The van der Waals surface area contributed by atoms with Crippen LogP contribution in [0.3, 0.4) is 0 Å². The summed E-state index contributed by atoms with van der Waals surface area (Å²) in [6, 6.07) is 0. The van der Waals surface area contributed by atoms with Gasteiger partial charge in [0, 0.05) is 0 Å². The van der Waals surface area contributed by atoms with Crippen LogP contribution in [0, 0.1) is 45.8 Å². The van der Waals surface area contributed by atoms with E-state index in [1.54, 1.807) is 0 Å². The van der Waals surface area contributed by atoms with E-state index in [4.69, 9.17) is 18.9 Å². The minimum atomic E-state index is -1.63. The smallest absolute Gasteiger partial charge is 0.187 e. The number of allylic oxidation sites excluding steroid dienone is 2. The Bertz CT molecular complexity index is 1310. The van der Waals surface area contributed by atoms with Gasteiger partial charge in [0.25, 0.3) is 0 Å². The van der Waals surface area contributed by atoms with Crippen LogP contribution in [-0.2, 0) is 18.9 Å². The second-order valence-electron chi connectivity index (χ2n) is 19.4. The van der Waals surface area contributed by atoms with Crippen LogP contribution in [-0.4, -0.2) is 127 Å². The molecule has 4 saturated carbocycles. The first kappa shape index (κ1) is 41.9. The molecule has 12 heteroatoms. The van der Waals surface area contributed by atoms with Gasteiger partial charge in [0.1, 0.15) is 42.7 Å². The number of hydrogen-bond acceptors (Lipinski definition) is 12. The molecule has 0 spiro atoms. The lowest BCUT2D eigenvalue weighted by atomic mass is 9.39. The van der Waals surface area contributed by atoms with Crippen molar-refractivity contribution in [3.8, 4) is 0 Å². The van der Waals surface area contributed by atoms with Crippen molar-refractivity contribution in [1.82, 2.24) is 0 Å². The van der Waals surface area contributed by atoms with Gasteiger partial charge in [-0.25, -0.2) is 0 Å². The molecule has 0 aromatic heterocycles. The molecule has 6 fully saturated rings. The Labute approximate surface area is 315 Å². The summed E-state index contributed by atoms with van der Waals surface area (Å²) in [5.41, 5.74) is -0.0825. The molecular weight excluding hydrogens is 684 g/mol. The van der Waals surface area contributed by atoms with E-state index in [2.05, 4.69) is 33.8 Å². The van der Waals surface area contributed by atoms with Gasteiger partial charge in [-0.2, -0.15) is 0 Å². The van der Waals surface area contributed by atoms with Gasteiger partial charge in [-0.3, -0.25) is 0 Å². The van der Waals surface area contributed by atoms with Crippen molar-refractivity contribution >= 4 is 0 Å². The third kappa shape index (κ3) is 7.11. The third-order valence-electron chi connectivity index (χ3n) is 16.0. The predicted octanol–water partition coefficient (Wildman–Crippen LogP) is 2.79. The maximum Gasteiger partial charge on any atom is 0.187 e. The SMILES string of the molecule is CC(C)=CCCC(C)(OC1OC(COC2OC(C)C(O)C(O)C2O)C(O)C(O)C1O)C1CCC2(C)C1C(O)CC1C3CCC(O)C(C)(C)C3CCC12C. The molecule has 4 aliphatic carbocycles. The summed E-state index contributed by atoms with van der Waals surface area (Å²) < 4.78 is 24.4. The monoisotopic (exact) mass is 754 g/mol. The molecule has 6 rings (SSSR count). The first-order valence-electron chi connectivity index (χ1n) is 20.4. The lowest BCUT2D eigenvalue weighted by Crippen LogP contribution is -2.64. The highest BCUT2D eigenvalue weighted by Crippen LogP contribution is 2.73. The minimum absolute atomic E-state index is 0.0114. The Kier molecular flexibility index (Phi) is 12.0. The minimum Gasteiger partial charge on any atom is -0.393 e. The van der Waals surface area contributed by atoms with Crippen molar-refractivity contribution in [3.63, 3.8) is 0 Å². The largest absolute Gasteiger partial charge is 0.393 e. The first-order valence-corrected chi connectivity index (χ1v) is 20.4. The second kappa shape index (κ2) is 15.2. The number of aliphatic hydroxyl groups is 8.